The highest BCUT2D eigenvalue weighted by atomic mass is 15.2. The van der Waals surface area contributed by atoms with Gasteiger partial charge in [0.25, 0.3) is 0 Å². The van der Waals surface area contributed by atoms with Gasteiger partial charge in [0.1, 0.15) is 0 Å². The van der Waals surface area contributed by atoms with Crippen LogP contribution in [0.2, 0.25) is 0 Å². The number of fused-ring (bicyclic) bond motifs is 1. The summed E-state index contributed by atoms with van der Waals surface area (Å²) in [5, 5.41) is 0. The Bertz CT molecular complexity index is 475. The number of benzene rings is 1. The lowest BCUT2D eigenvalue weighted by atomic mass is 9.83. The summed E-state index contributed by atoms with van der Waals surface area (Å²) in [5.41, 5.74) is 12.3. The third kappa shape index (κ3) is 2.90. The predicted octanol–water partition coefficient (Wildman–Crippen LogP) is 1.56. The lowest BCUT2D eigenvalue weighted by Crippen LogP contribution is -2.44. The number of likely N-dealkylation sites (N-methyl/N-ethyl adjacent to an activating group) is 1. The Kier molecular flexibility index (Phi) is 4.11. The number of piperazine rings is 1. The minimum absolute atomic E-state index is 0.357. The van der Waals surface area contributed by atoms with Crippen molar-refractivity contribution in [2.24, 2.45) is 5.73 Å². The number of nitrogens with zero attached hydrogens (tertiary/aromatic N) is 2. The molecule has 0 amide bonds. The van der Waals surface area contributed by atoms with Crippen molar-refractivity contribution in [1.82, 2.24) is 9.80 Å². The molecule has 1 atom stereocenters. The maximum Gasteiger partial charge on any atom is 0.0237 e. The number of hydrogen-bond acceptors (Lipinski definition) is 3. The summed E-state index contributed by atoms with van der Waals surface area (Å²) in [6.45, 7) is 8.09. The van der Waals surface area contributed by atoms with Gasteiger partial charge in [-0.15, -0.1) is 0 Å². The average molecular weight is 273 g/mol. The van der Waals surface area contributed by atoms with E-state index in [1.165, 1.54) is 43.7 Å². The highest BCUT2D eigenvalue weighted by molar-refractivity contribution is 5.43. The fourth-order valence-electron chi connectivity index (χ4n) is 3.55. The van der Waals surface area contributed by atoms with E-state index in [2.05, 4.69) is 35.9 Å². The fraction of sp³-hybridized carbons (Fsp3) is 0.647. The Hall–Kier alpha value is -0.900. The molecule has 1 saturated heterocycles. The van der Waals surface area contributed by atoms with Gasteiger partial charge in [-0.1, -0.05) is 12.1 Å². The van der Waals surface area contributed by atoms with Gasteiger partial charge in [0.05, 0.1) is 0 Å². The summed E-state index contributed by atoms with van der Waals surface area (Å²) < 4.78 is 0. The van der Waals surface area contributed by atoms with Gasteiger partial charge in [0.2, 0.25) is 0 Å². The van der Waals surface area contributed by atoms with Gasteiger partial charge in [-0.2, -0.15) is 0 Å². The van der Waals surface area contributed by atoms with E-state index < -0.39 is 0 Å². The van der Waals surface area contributed by atoms with E-state index in [1.54, 1.807) is 11.1 Å². The zero-order valence-corrected chi connectivity index (χ0v) is 12.9. The fourth-order valence-corrected chi connectivity index (χ4v) is 3.55. The molecule has 1 heterocycles. The maximum absolute atomic E-state index is 6.20. The highest BCUT2D eigenvalue weighted by Gasteiger charge is 2.22. The van der Waals surface area contributed by atoms with E-state index in [0.29, 0.717) is 6.04 Å². The number of aryl methyl sites for hydroxylation is 1. The molecule has 3 heteroatoms. The van der Waals surface area contributed by atoms with Crippen molar-refractivity contribution in [2.45, 2.75) is 38.8 Å². The second-order valence-corrected chi connectivity index (χ2v) is 6.58. The van der Waals surface area contributed by atoms with Crippen LogP contribution in [0.15, 0.2) is 12.1 Å². The van der Waals surface area contributed by atoms with Crippen LogP contribution in [0, 0.1) is 6.92 Å². The molecule has 0 saturated carbocycles. The van der Waals surface area contributed by atoms with Crippen molar-refractivity contribution in [3.05, 3.63) is 34.4 Å². The van der Waals surface area contributed by atoms with Crippen LogP contribution in [0.3, 0.4) is 0 Å². The van der Waals surface area contributed by atoms with Crippen LogP contribution in [0.25, 0.3) is 0 Å². The van der Waals surface area contributed by atoms with Gasteiger partial charge in [0, 0.05) is 38.8 Å². The van der Waals surface area contributed by atoms with Gasteiger partial charge in [-0.05, 0) is 55.5 Å². The Morgan fingerprint density at radius 2 is 1.90 bits per heavy atom. The topological polar surface area (TPSA) is 32.5 Å². The van der Waals surface area contributed by atoms with E-state index in [0.717, 1.165) is 19.4 Å². The summed E-state index contributed by atoms with van der Waals surface area (Å²) in [6, 6.07) is 5.00. The molecular formula is C17H27N3. The largest absolute Gasteiger partial charge is 0.327 e. The van der Waals surface area contributed by atoms with Crippen molar-refractivity contribution in [1.29, 1.82) is 0 Å². The number of rotatable bonds is 2. The maximum atomic E-state index is 6.20. The minimum Gasteiger partial charge on any atom is -0.327 e. The van der Waals surface area contributed by atoms with Crippen molar-refractivity contribution >= 4 is 0 Å². The minimum atomic E-state index is 0.357. The van der Waals surface area contributed by atoms with Gasteiger partial charge in [-0.3, -0.25) is 4.90 Å². The molecule has 0 spiro atoms. The Morgan fingerprint density at radius 1 is 1.15 bits per heavy atom. The molecule has 1 aliphatic heterocycles. The van der Waals surface area contributed by atoms with Gasteiger partial charge < -0.3 is 10.6 Å². The van der Waals surface area contributed by atoms with Crippen molar-refractivity contribution in [2.75, 3.05) is 33.2 Å². The lowest BCUT2D eigenvalue weighted by molar-refractivity contribution is 0.148. The molecule has 1 aromatic rings. The van der Waals surface area contributed by atoms with E-state index in [4.69, 9.17) is 5.73 Å². The summed E-state index contributed by atoms with van der Waals surface area (Å²) in [4.78, 5) is 5.00. The summed E-state index contributed by atoms with van der Waals surface area (Å²) in [7, 11) is 2.21. The Balaban J connectivity index is 1.79. The molecule has 0 radical (unpaired) electrons. The van der Waals surface area contributed by atoms with Crippen molar-refractivity contribution in [3.8, 4) is 0 Å². The summed E-state index contributed by atoms with van der Waals surface area (Å²) >= 11 is 0. The molecule has 0 aromatic heterocycles. The van der Waals surface area contributed by atoms with Gasteiger partial charge >= 0.3 is 0 Å². The zero-order valence-electron chi connectivity index (χ0n) is 12.9. The molecule has 1 fully saturated rings. The SMILES string of the molecule is Cc1ccc(CN2CCN(C)CC2)c2c1CC[C@@H](N)C2. The normalized spacial score (nSPS) is 24.6. The zero-order chi connectivity index (χ0) is 14.1. The molecule has 2 aliphatic rings. The monoisotopic (exact) mass is 273 g/mol. The second kappa shape index (κ2) is 5.84. The van der Waals surface area contributed by atoms with Gasteiger partial charge in [0.15, 0.2) is 0 Å². The molecule has 0 unspecified atom stereocenters. The van der Waals surface area contributed by atoms with E-state index in [1.807, 2.05) is 0 Å². The first kappa shape index (κ1) is 14.1. The number of nitrogens with two attached hydrogens (primary N) is 1. The average Bonchev–Trinajstić information content (AvgIpc) is 2.44. The quantitative estimate of drug-likeness (QED) is 0.887. The summed E-state index contributed by atoms with van der Waals surface area (Å²) in [5.74, 6) is 0. The molecule has 3 nitrogen and oxygen atoms in total. The molecule has 2 N–H and O–H groups in total. The Morgan fingerprint density at radius 3 is 2.65 bits per heavy atom. The third-order valence-corrected chi connectivity index (χ3v) is 4.98. The first-order valence-electron chi connectivity index (χ1n) is 7.90. The molecule has 1 aliphatic carbocycles. The molecule has 1 aromatic carbocycles. The third-order valence-electron chi connectivity index (χ3n) is 4.98. The second-order valence-electron chi connectivity index (χ2n) is 6.58. The van der Waals surface area contributed by atoms with Crippen LogP contribution in [0.5, 0.6) is 0 Å². The van der Waals surface area contributed by atoms with Gasteiger partial charge in [-0.25, -0.2) is 0 Å². The van der Waals surface area contributed by atoms with E-state index in [-0.39, 0.29) is 0 Å². The highest BCUT2D eigenvalue weighted by Crippen LogP contribution is 2.28. The van der Waals surface area contributed by atoms with Crippen LogP contribution in [-0.4, -0.2) is 49.1 Å². The van der Waals surface area contributed by atoms with Crippen LogP contribution in [0.1, 0.15) is 28.7 Å². The van der Waals surface area contributed by atoms with E-state index in [9.17, 15) is 0 Å². The predicted molar refractivity (Wildman–Crippen MR) is 84.0 cm³/mol. The van der Waals surface area contributed by atoms with E-state index >= 15 is 0 Å². The smallest absolute Gasteiger partial charge is 0.0237 e. The first-order chi connectivity index (χ1) is 9.63. The van der Waals surface area contributed by atoms with Crippen molar-refractivity contribution < 1.29 is 0 Å². The molecule has 3 rings (SSSR count). The standard InChI is InChI=1S/C17H27N3/c1-13-3-4-14(12-20-9-7-19(2)8-10-20)17-11-15(18)5-6-16(13)17/h3-4,15H,5-12,18H2,1-2H3/t15-/m1/s1. The van der Waals surface area contributed by atoms with Crippen LogP contribution in [-0.2, 0) is 19.4 Å². The Labute approximate surface area is 122 Å². The molecule has 110 valence electrons. The summed E-state index contributed by atoms with van der Waals surface area (Å²) in [6.07, 6.45) is 3.38. The van der Waals surface area contributed by atoms with Crippen LogP contribution >= 0.6 is 0 Å². The first-order valence-corrected chi connectivity index (χ1v) is 7.90. The van der Waals surface area contributed by atoms with Crippen LogP contribution in [0.4, 0.5) is 0 Å². The van der Waals surface area contributed by atoms with Crippen LogP contribution < -0.4 is 5.73 Å². The lowest BCUT2D eigenvalue weighted by Gasteiger charge is -2.34. The molecule has 0 bridgehead atoms. The number of hydrogen-bond donors (Lipinski definition) is 1. The van der Waals surface area contributed by atoms with Crippen molar-refractivity contribution in [3.63, 3.8) is 0 Å². The molecule has 20 heavy (non-hydrogen) atoms. The molecular weight excluding hydrogens is 246 g/mol.